The number of methoxy groups -OCH3 is 2. The SMILES string of the molecule is COc1ccc(-c2cc(=O)[nH]c(=S)n2CCN=C(N)NC#N)c(OC)c1. The van der Waals surface area contributed by atoms with Gasteiger partial charge in [0, 0.05) is 24.2 Å². The number of aromatic amines is 1. The van der Waals surface area contributed by atoms with Gasteiger partial charge < -0.3 is 19.8 Å². The number of guanidine groups is 1. The predicted octanol–water partition coefficient (Wildman–Crippen LogP) is 0.975. The van der Waals surface area contributed by atoms with Gasteiger partial charge in [-0.1, -0.05) is 0 Å². The number of hydrogen-bond donors (Lipinski definition) is 3. The van der Waals surface area contributed by atoms with Gasteiger partial charge in [0.05, 0.1) is 26.5 Å². The molecule has 0 fully saturated rings. The van der Waals surface area contributed by atoms with Crippen molar-refractivity contribution in [2.75, 3.05) is 20.8 Å². The lowest BCUT2D eigenvalue weighted by molar-refractivity contribution is 0.395. The Balaban J connectivity index is 2.49. The number of ether oxygens (including phenoxy) is 2. The topological polar surface area (TPSA) is 130 Å². The van der Waals surface area contributed by atoms with Crippen LogP contribution in [0.5, 0.6) is 11.5 Å². The third kappa shape index (κ3) is 4.40. The summed E-state index contributed by atoms with van der Waals surface area (Å²) in [5, 5.41) is 10.8. The van der Waals surface area contributed by atoms with Crippen LogP contribution in [0, 0.1) is 16.2 Å². The molecule has 0 saturated heterocycles. The largest absolute Gasteiger partial charge is 0.497 e. The standard InChI is InChI=1S/C16H18N6O3S/c1-24-10-3-4-11(13(7-10)25-2)12-8-14(23)21-16(26)22(12)6-5-19-15(18)20-9-17/h3-4,7-8H,5-6H2,1-2H3,(H3,18,19,20)(H,21,23,26). The predicted molar refractivity (Wildman–Crippen MR) is 99.7 cm³/mol. The zero-order valence-corrected chi connectivity index (χ0v) is 15.1. The molecule has 0 aliphatic carbocycles. The number of benzene rings is 1. The van der Waals surface area contributed by atoms with Crippen molar-refractivity contribution in [1.82, 2.24) is 14.9 Å². The fraction of sp³-hybridized carbons (Fsp3) is 0.250. The van der Waals surface area contributed by atoms with Crippen LogP contribution in [-0.2, 0) is 6.54 Å². The third-order valence-corrected chi connectivity index (χ3v) is 3.83. The zero-order chi connectivity index (χ0) is 19.1. The van der Waals surface area contributed by atoms with Gasteiger partial charge in [0.15, 0.2) is 11.0 Å². The van der Waals surface area contributed by atoms with E-state index in [0.29, 0.717) is 29.3 Å². The lowest BCUT2D eigenvalue weighted by Gasteiger charge is -2.16. The molecule has 1 aromatic heterocycles. The molecular formula is C16H18N6O3S. The first-order valence-electron chi connectivity index (χ1n) is 7.51. The fourth-order valence-electron chi connectivity index (χ4n) is 2.34. The molecule has 136 valence electrons. The van der Waals surface area contributed by atoms with Gasteiger partial charge in [-0.25, -0.2) is 0 Å². The monoisotopic (exact) mass is 374 g/mol. The average Bonchev–Trinajstić information content (AvgIpc) is 2.62. The Morgan fingerprint density at radius 1 is 1.42 bits per heavy atom. The molecular weight excluding hydrogens is 356 g/mol. The number of nitrogens with one attached hydrogen (secondary N) is 2. The van der Waals surface area contributed by atoms with Crippen LogP contribution in [0.15, 0.2) is 34.1 Å². The van der Waals surface area contributed by atoms with E-state index < -0.39 is 0 Å². The lowest BCUT2D eigenvalue weighted by Crippen LogP contribution is -2.28. The molecule has 1 heterocycles. The molecule has 4 N–H and O–H groups in total. The number of aromatic nitrogens is 2. The Kier molecular flexibility index (Phi) is 6.35. The summed E-state index contributed by atoms with van der Waals surface area (Å²) >= 11 is 5.28. The van der Waals surface area contributed by atoms with Gasteiger partial charge in [0.1, 0.15) is 11.5 Å². The van der Waals surface area contributed by atoms with Crippen LogP contribution in [0.4, 0.5) is 0 Å². The zero-order valence-electron chi connectivity index (χ0n) is 14.3. The second kappa shape index (κ2) is 8.68. The molecule has 0 unspecified atom stereocenters. The van der Waals surface area contributed by atoms with Crippen molar-refractivity contribution in [2.45, 2.75) is 6.54 Å². The molecule has 9 nitrogen and oxygen atoms in total. The van der Waals surface area contributed by atoms with Gasteiger partial charge in [-0.3, -0.25) is 20.1 Å². The summed E-state index contributed by atoms with van der Waals surface area (Å²) in [4.78, 5) is 18.5. The first-order valence-corrected chi connectivity index (χ1v) is 7.92. The molecule has 26 heavy (non-hydrogen) atoms. The number of nitrogens with two attached hydrogens (primary N) is 1. The molecule has 0 atom stereocenters. The van der Waals surface area contributed by atoms with E-state index in [4.69, 9.17) is 32.7 Å². The lowest BCUT2D eigenvalue weighted by atomic mass is 10.1. The minimum absolute atomic E-state index is 0.00650. The summed E-state index contributed by atoms with van der Waals surface area (Å²) < 4.78 is 12.6. The quantitative estimate of drug-likeness (QED) is 0.226. The van der Waals surface area contributed by atoms with E-state index in [1.165, 1.54) is 13.2 Å². The van der Waals surface area contributed by atoms with Crippen molar-refractivity contribution in [1.29, 1.82) is 5.26 Å². The summed E-state index contributed by atoms with van der Waals surface area (Å²) in [6, 6.07) is 6.70. The fourth-order valence-corrected chi connectivity index (χ4v) is 2.63. The molecule has 0 bridgehead atoms. The van der Waals surface area contributed by atoms with E-state index >= 15 is 0 Å². The van der Waals surface area contributed by atoms with Crippen LogP contribution in [0.3, 0.4) is 0 Å². The number of nitrogens with zero attached hydrogens (tertiary/aromatic N) is 3. The number of H-pyrrole nitrogens is 1. The van der Waals surface area contributed by atoms with Crippen LogP contribution in [0.25, 0.3) is 11.3 Å². The highest BCUT2D eigenvalue weighted by molar-refractivity contribution is 7.71. The van der Waals surface area contributed by atoms with Gasteiger partial charge in [-0.2, -0.15) is 5.26 Å². The Hall–Kier alpha value is -3.32. The first-order chi connectivity index (χ1) is 12.5. The van der Waals surface area contributed by atoms with Crippen molar-refractivity contribution >= 4 is 18.2 Å². The molecule has 0 spiro atoms. The van der Waals surface area contributed by atoms with E-state index in [-0.39, 0.29) is 22.8 Å². The Bertz CT molecular complexity index is 973. The highest BCUT2D eigenvalue weighted by Gasteiger charge is 2.13. The van der Waals surface area contributed by atoms with Gasteiger partial charge in [0.2, 0.25) is 5.96 Å². The molecule has 2 rings (SSSR count). The van der Waals surface area contributed by atoms with Gasteiger partial charge in [0.25, 0.3) is 5.56 Å². The molecule has 0 radical (unpaired) electrons. The normalized spacial score (nSPS) is 10.9. The number of nitriles is 1. The minimum atomic E-state index is -0.326. The first kappa shape index (κ1) is 19.0. The minimum Gasteiger partial charge on any atom is -0.497 e. The second-order valence-corrected chi connectivity index (χ2v) is 5.43. The van der Waals surface area contributed by atoms with Crippen molar-refractivity contribution in [3.8, 4) is 28.9 Å². The van der Waals surface area contributed by atoms with Crippen molar-refractivity contribution in [2.24, 2.45) is 10.7 Å². The second-order valence-electron chi connectivity index (χ2n) is 5.05. The number of hydrogen-bond acceptors (Lipinski definition) is 6. The summed E-state index contributed by atoms with van der Waals surface area (Å²) in [6.07, 6.45) is 1.69. The summed E-state index contributed by atoms with van der Waals surface area (Å²) in [7, 11) is 3.09. The van der Waals surface area contributed by atoms with Gasteiger partial charge in [-0.05, 0) is 24.4 Å². The molecule has 10 heteroatoms. The molecule has 0 aliphatic heterocycles. The van der Waals surface area contributed by atoms with Crippen LogP contribution >= 0.6 is 12.2 Å². The van der Waals surface area contributed by atoms with Crippen molar-refractivity contribution in [3.63, 3.8) is 0 Å². The van der Waals surface area contributed by atoms with Crippen LogP contribution < -0.4 is 26.1 Å². The van der Waals surface area contributed by atoms with E-state index in [1.807, 2.05) is 0 Å². The van der Waals surface area contributed by atoms with E-state index in [0.717, 1.165) is 0 Å². The molecule has 0 amide bonds. The number of aliphatic imine (C=N–C) groups is 1. The smallest absolute Gasteiger partial charge is 0.252 e. The van der Waals surface area contributed by atoms with Crippen LogP contribution in [0.1, 0.15) is 0 Å². The molecule has 0 saturated carbocycles. The van der Waals surface area contributed by atoms with Crippen LogP contribution in [-0.4, -0.2) is 36.3 Å². The van der Waals surface area contributed by atoms with E-state index in [2.05, 4.69) is 15.3 Å². The maximum Gasteiger partial charge on any atom is 0.252 e. The molecule has 2 aromatic rings. The van der Waals surface area contributed by atoms with Crippen molar-refractivity contribution < 1.29 is 9.47 Å². The van der Waals surface area contributed by atoms with E-state index in [9.17, 15) is 4.79 Å². The number of rotatable bonds is 6. The van der Waals surface area contributed by atoms with Gasteiger partial charge in [-0.15, -0.1) is 0 Å². The third-order valence-electron chi connectivity index (χ3n) is 3.51. The summed E-state index contributed by atoms with van der Waals surface area (Å²) in [6.45, 7) is 0.597. The Morgan fingerprint density at radius 3 is 2.85 bits per heavy atom. The highest BCUT2D eigenvalue weighted by Crippen LogP contribution is 2.32. The maximum absolute atomic E-state index is 11.9. The van der Waals surface area contributed by atoms with Crippen LogP contribution in [0.2, 0.25) is 0 Å². The molecule has 1 aromatic carbocycles. The highest BCUT2D eigenvalue weighted by atomic mass is 32.1. The summed E-state index contributed by atoms with van der Waals surface area (Å²) in [5.74, 6) is 1.17. The average molecular weight is 374 g/mol. The van der Waals surface area contributed by atoms with Crippen molar-refractivity contribution in [3.05, 3.63) is 39.4 Å². The Labute approximate surface area is 154 Å². The summed E-state index contributed by atoms with van der Waals surface area (Å²) in [5.41, 5.74) is 6.45. The maximum atomic E-state index is 11.9. The van der Waals surface area contributed by atoms with Gasteiger partial charge >= 0.3 is 0 Å². The van der Waals surface area contributed by atoms with E-state index in [1.54, 1.807) is 36.1 Å². The molecule has 0 aliphatic rings. The Morgan fingerprint density at radius 2 is 2.19 bits per heavy atom.